The zero-order valence-electron chi connectivity index (χ0n) is 14.6. The van der Waals surface area contributed by atoms with E-state index < -0.39 is 12.1 Å². The van der Waals surface area contributed by atoms with Gasteiger partial charge in [0.2, 0.25) is 5.88 Å². The summed E-state index contributed by atoms with van der Waals surface area (Å²) in [5, 5.41) is 0. The molecule has 0 radical (unpaired) electrons. The highest BCUT2D eigenvalue weighted by Gasteiger charge is 2.14. The molecule has 1 aromatic heterocycles. The van der Waals surface area contributed by atoms with Gasteiger partial charge in [-0.05, 0) is 43.3 Å². The van der Waals surface area contributed by atoms with E-state index in [9.17, 15) is 4.79 Å². The van der Waals surface area contributed by atoms with Crippen LogP contribution in [0.4, 0.5) is 0 Å². The first-order chi connectivity index (χ1) is 12.6. The van der Waals surface area contributed by atoms with Crippen LogP contribution in [-0.4, -0.2) is 36.3 Å². The molecule has 0 saturated carbocycles. The van der Waals surface area contributed by atoms with Crippen LogP contribution in [0, 0.1) is 0 Å². The second kappa shape index (κ2) is 7.69. The van der Waals surface area contributed by atoms with Crippen LogP contribution in [0.1, 0.15) is 6.92 Å². The predicted molar refractivity (Wildman–Crippen MR) is 94.7 cm³/mol. The van der Waals surface area contributed by atoms with E-state index >= 15 is 0 Å². The number of aromatic nitrogens is 2. The number of hydrogen-bond donors (Lipinski definition) is 0. The Morgan fingerprint density at radius 3 is 2.35 bits per heavy atom. The van der Waals surface area contributed by atoms with Crippen molar-refractivity contribution in [2.75, 3.05) is 14.2 Å². The molecular weight excluding hydrogens is 336 g/mol. The zero-order valence-corrected chi connectivity index (χ0v) is 14.6. The van der Waals surface area contributed by atoms with Crippen LogP contribution in [0.3, 0.4) is 0 Å². The number of ether oxygens (including phenoxy) is 4. The third-order valence-electron chi connectivity index (χ3n) is 3.62. The summed E-state index contributed by atoms with van der Waals surface area (Å²) in [5.41, 5.74) is 1.42. The Kier molecular flexibility index (Phi) is 5.17. The van der Waals surface area contributed by atoms with Gasteiger partial charge in [0.15, 0.2) is 6.10 Å². The fourth-order valence-electron chi connectivity index (χ4n) is 2.28. The van der Waals surface area contributed by atoms with Crippen molar-refractivity contribution in [2.24, 2.45) is 0 Å². The van der Waals surface area contributed by atoms with Crippen LogP contribution in [0.2, 0.25) is 0 Å². The van der Waals surface area contributed by atoms with Gasteiger partial charge in [0.05, 0.1) is 31.4 Å². The minimum atomic E-state index is -0.687. The Morgan fingerprint density at radius 2 is 1.65 bits per heavy atom. The average molecular weight is 354 g/mol. The second-order valence-corrected chi connectivity index (χ2v) is 5.42. The van der Waals surface area contributed by atoms with E-state index in [0.717, 1.165) is 5.52 Å². The lowest BCUT2D eigenvalue weighted by Gasteiger charge is -2.12. The molecule has 26 heavy (non-hydrogen) atoms. The summed E-state index contributed by atoms with van der Waals surface area (Å²) < 4.78 is 21.0. The molecule has 0 aliphatic carbocycles. The van der Waals surface area contributed by atoms with E-state index in [-0.39, 0.29) is 0 Å². The minimum Gasteiger partial charge on any atom is -0.497 e. The average Bonchev–Trinajstić information content (AvgIpc) is 2.68. The normalized spacial score (nSPS) is 11.7. The van der Waals surface area contributed by atoms with Gasteiger partial charge in [-0.25, -0.2) is 14.8 Å². The van der Waals surface area contributed by atoms with Crippen molar-refractivity contribution in [1.29, 1.82) is 0 Å². The Morgan fingerprint density at radius 1 is 0.962 bits per heavy atom. The summed E-state index contributed by atoms with van der Waals surface area (Å²) in [6, 6.07) is 12.3. The molecule has 0 saturated heterocycles. The van der Waals surface area contributed by atoms with Crippen molar-refractivity contribution in [1.82, 2.24) is 9.97 Å². The first kappa shape index (κ1) is 17.5. The maximum atomic E-state index is 11.4. The van der Waals surface area contributed by atoms with Crippen molar-refractivity contribution in [2.45, 2.75) is 13.0 Å². The molecule has 3 aromatic rings. The molecule has 0 aliphatic rings. The van der Waals surface area contributed by atoms with E-state index in [0.29, 0.717) is 28.6 Å². The lowest BCUT2D eigenvalue weighted by atomic mass is 10.3. The topological polar surface area (TPSA) is 79.8 Å². The van der Waals surface area contributed by atoms with Gasteiger partial charge in [0, 0.05) is 6.07 Å². The van der Waals surface area contributed by atoms with Gasteiger partial charge >= 0.3 is 5.97 Å². The maximum Gasteiger partial charge on any atom is 0.346 e. The number of methoxy groups -OCH3 is 2. The molecule has 0 amide bonds. The summed E-state index contributed by atoms with van der Waals surface area (Å²) in [4.78, 5) is 20.1. The van der Waals surface area contributed by atoms with E-state index in [2.05, 4.69) is 14.7 Å². The predicted octanol–water partition coefficient (Wildman–Crippen LogP) is 3.37. The molecule has 1 unspecified atom stereocenters. The number of nitrogens with zero attached hydrogens (tertiary/aromatic N) is 2. The molecule has 2 aromatic carbocycles. The molecule has 1 atom stereocenters. The number of carbonyl (C=O) groups excluding carboxylic acids is 1. The van der Waals surface area contributed by atoms with Gasteiger partial charge in [-0.2, -0.15) is 0 Å². The van der Waals surface area contributed by atoms with Gasteiger partial charge in [0.1, 0.15) is 17.2 Å². The maximum absolute atomic E-state index is 11.4. The van der Waals surface area contributed by atoms with Crippen LogP contribution >= 0.6 is 0 Å². The van der Waals surface area contributed by atoms with Gasteiger partial charge < -0.3 is 18.9 Å². The monoisotopic (exact) mass is 354 g/mol. The lowest BCUT2D eigenvalue weighted by Crippen LogP contribution is -2.24. The van der Waals surface area contributed by atoms with Crippen LogP contribution in [-0.2, 0) is 9.53 Å². The summed E-state index contributed by atoms with van der Waals surface area (Å²) in [7, 11) is 2.92. The molecule has 0 spiro atoms. The molecule has 3 rings (SSSR count). The molecular formula is C19H18N2O5. The van der Waals surface area contributed by atoms with Crippen molar-refractivity contribution in [3.05, 3.63) is 48.7 Å². The van der Waals surface area contributed by atoms with Crippen molar-refractivity contribution >= 4 is 17.0 Å². The molecule has 0 bridgehead atoms. The largest absolute Gasteiger partial charge is 0.497 e. The quantitative estimate of drug-likeness (QED) is 0.628. The summed E-state index contributed by atoms with van der Waals surface area (Å²) in [5.74, 6) is 1.73. The fraction of sp³-hybridized carbons (Fsp3) is 0.211. The van der Waals surface area contributed by atoms with E-state index in [4.69, 9.17) is 14.2 Å². The number of benzene rings is 2. The SMILES string of the molecule is COC(=O)C(C)Oc1ccc(Oc2cnc3ccc(OC)cc3n2)cc1. The molecule has 1 heterocycles. The summed E-state index contributed by atoms with van der Waals surface area (Å²) in [6.07, 6.45) is 0.867. The summed E-state index contributed by atoms with van der Waals surface area (Å²) in [6.45, 7) is 1.62. The zero-order chi connectivity index (χ0) is 18.5. The van der Waals surface area contributed by atoms with Crippen LogP contribution in [0.5, 0.6) is 23.1 Å². The number of carbonyl (C=O) groups is 1. The number of hydrogen-bond acceptors (Lipinski definition) is 7. The molecule has 7 heteroatoms. The third-order valence-corrected chi connectivity index (χ3v) is 3.62. The number of fused-ring (bicyclic) bond motifs is 1. The smallest absolute Gasteiger partial charge is 0.346 e. The Balaban J connectivity index is 1.72. The minimum absolute atomic E-state index is 0.363. The van der Waals surface area contributed by atoms with E-state index in [1.54, 1.807) is 50.6 Å². The highest BCUT2D eigenvalue weighted by Crippen LogP contribution is 2.25. The van der Waals surface area contributed by atoms with Crippen molar-refractivity contribution < 1.29 is 23.7 Å². The van der Waals surface area contributed by atoms with Gasteiger partial charge in [-0.1, -0.05) is 0 Å². The van der Waals surface area contributed by atoms with Gasteiger partial charge in [-0.3, -0.25) is 0 Å². The Hall–Kier alpha value is -3.35. The highest BCUT2D eigenvalue weighted by atomic mass is 16.6. The molecule has 134 valence electrons. The molecule has 0 N–H and O–H groups in total. The molecule has 0 fully saturated rings. The fourth-order valence-corrected chi connectivity index (χ4v) is 2.28. The van der Waals surface area contributed by atoms with Gasteiger partial charge in [0.25, 0.3) is 0 Å². The van der Waals surface area contributed by atoms with Crippen LogP contribution < -0.4 is 14.2 Å². The van der Waals surface area contributed by atoms with E-state index in [1.165, 1.54) is 7.11 Å². The summed E-state index contributed by atoms with van der Waals surface area (Å²) >= 11 is 0. The number of rotatable bonds is 6. The number of esters is 1. The van der Waals surface area contributed by atoms with E-state index in [1.807, 2.05) is 12.1 Å². The first-order valence-electron chi connectivity index (χ1n) is 7.92. The third kappa shape index (κ3) is 4.00. The standard InChI is InChI=1S/C19H18N2O5/c1-12(19(22)24-3)25-13-4-6-14(7-5-13)26-18-11-20-16-9-8-15(23-2)10-17(16)21-18/h4-12H,1-3H3. The second-order valence-electron chi connectivity index (χ2n) is 5.42. The lowest BCUT2D eigenvalue weighted by molar-refractivity contribution is -0.147. The van der Waals surface area contributed by atoms with Crippen molar-refractivity contribution in [3.8, 4) is 23.1 Å². The molecule has 7 nitrogen and oxygen atoms in total. The van der Waals surface area contributed by atoms with Crippen molar-refractivity contribution in [3.63, 3.8) is 0 Å². The molecule has 0 aliphatic heterocycles. The highest BCUT2D eigenvalue weighted by molar-refractivity contribution is 5.76. The first-order valence-corrected chi connectivity index (χ1v) is 7.92. The Bertz CT molecular complexity index is 911. The van der Waals surface area contributed by atoms with Gasteiger partial charge in [-0.15, -0.1) is 0 Å². The van der Waals surface area contributed by atoms with Crippen LogP contribution in [0.15, 0.2) is 48.7 Å². The van der Waals surface area contributed by atoms with Crippen LogP contribution in [0.25, 0.3) is 11.0 Å². The Labute approximate surface area is 150 Å².